The number of nitrogens with two attached hydrogens (primary N) is 1. The van der Waals surface area contributed by atoms with Crippen LogP contribution in [0.3, 0.4) is 0 Å². The van der Waals surface area contributed by atoms with Crippen molar-refractivity contribution in [3.63, 3.8) is 0 Å². The topological polar surface area (TPSA) is 101 Å². The number of nitrogens with zero attached hydrogens (tertiary/aromatic N) is 2. The smallest absolute Gasteiger partial charge is 0.292 e. The number of nitrogen functional groups attached to an aromatic ring is 1. The van der Waals surface area contributed by atoms with E-state index in [1.807, 2.05) is 0 Å². The van der Waals surface area contributed by atoms with E-state index < -0.39 is 4.92 Å². The van der Waals surface area contributed by atoms with Crippen LogP contribution in [0.15, 0.2) is 18.2 Å². The highest BCUT2D eigenvalue weighted by Gasteiger charge is 2.24. The molecule has 2 unspecified atom stereocenters. The zero-order chi connectivity index (χ0) is 15.6. The van der Waals surface area contributed by atoms with Crippen molar-refractivity contribution in [2.75, 3.05) is 19.3 Å². The Morgan fingerprint density at radius 3 is 2.81 bits per heavy atom. The maximum Gasteiger partial charge on any atom is 0.292 e. The molecule has 1 aliphatic rings. The molecule has 1 aromatic rings. The molecule has 1 amide bonds. The molecule has 0 bridgehead atoms. The van der Waals surface area contributed by atoms with Gasteiger partial charge < -0.3 is 16.0 Å². The summed E-state index contributed by atoms with van der Waals surface area (Å²) in [6.45, 7) is 3.07. The van der Waals surface area contributed by atoms with Crippen LogP contribution in [-0.2, 0) is 0 Å². The Bertz CT molecular complexity index is 561. The number of benzene rings is 1. The van der Waals surface area contributed by atoms with E-state index >= 15 is 0 Å². The number of hydrogen-bond acceptors (Lipinski definition) is 5. The lowest BCUT2D eigenvalue weighted by Gasteiger charge is -2.35. The van der Waals surface area contributed by atoms with Gasteiger partial charge in [0.1, 0.15) is 5.69 Å². The molecule has 1 saturated heterocycles. The third-order valence-electron chi connectivity index (χ3n) is 4.03. The van der Waals surface area contributed by atoms with Crippen molar-refractivity contribution in [1.29, 1.82) is 0 Å². The Kier molecular flexibility index (Phi) is 4.42. The molecule has 114 valence electrons. The molecule has 1 fully saturated rings. The molecule has 7 heteroatoms. The van der Waals surface area contributed by atoms with Crippen LogP contribution in [-0.4, -0.2) is 41.4 Å². The van der Waals surface area contributed by atoms with Crippen molar-refractivity contribution in [1.82, 2.24) is 10.2 Å². The van der Waals surface area contributed by atoms with Crippen LogP contribution in [0.4, 0.5) is 11.4 Å². The Morgan fingerprint density at radius 1 is 1.52 bits per heavy atom. The fraction of sp³-hybridized carbons (Fsp3) is 0.500. The zero-order valence-corrected chi connectivity index (χ0v) is 12.2. The SMILES string of the molecule is CC1CC(NC(=O)c2ccc([N+](=O)[O-])c(N)c2)CCN1C. The summed E-state index contributed by atoms with van der Waals surface area (Å²) in [7, 11) is 2.07. The number of likely N-dealkylation sites (tertiary alicyclic amines) is 1. The van der Waals surface area contributed by atoms with Crippen LogP contribution in [0.25, 0.3) is 0 Å². The van der Waals surface area contributed by atoms with Gasteiger partial charge in [-0.1, -0.05) is 0 Å². The number of nitro groups is 1. The van der Waals surface area contributed by atoms with E-state index in [1.54, 1.807) is 0 Å². The number of carbonyl (C=O) groups is 1. The largest absolute Gasteiger partial charge is 0.393 e. The van der Waals surface area contributed by atoms with Gasteiger partial charge in [-0.25, -0.2) is 0 Å². The summed E-state index contributed by atoms with van der Waals surface area (Å²) in [6, 6.07) is 4.60. The van der Waals surface area contributed by atoms with E-state index in [2.05, 4.69) is 24.2 Å². The molecule has 21 heavy (non-hydrogen) atoms. The number of nitro benzene ring substituents is 1. The average molecular weight is 292 g/mol. The average Bonchev–Trinajstić information content (AvgIpc) is 2.42. The van der Waals surface area contributed by atoms with Gasteiger partial charge in [0.15, 0.2) is 0 Å². The van der Waals surface area contributed by atoms with Crippen LogP contribution in [0, 0.1) is 10.1 Å². The molecule has 1 aliphatic heterocycles. The number of piperidine rings is 1. The first-order valence-electron chi connectivity index (χ1n) is 6.93. The molecular formula is C14H20N4O3. The minimum Gasteiger partial charge on any atom is -0.393 e. The highest BCUT2D eigenvalue weighted by atomic mass is 16.6. The summed E-state index contributed by atoms with van der Waals surface area (Å²) in [5.41, 5.74) is 5.78. The first kappa shape index (κ1) is 15.2. The lowest BCUT2D eigenvalue weighted by molar-refractivity contribution is -0.383. The lowest BCUT2D eigenvalue weighted by Crippen LogP contribution is -2.47. The fourth-order valence-corrected chi connectivity index (χ4v) is 2.55. The summed E-state index contributed by atoms with van der Waals surface area (Å²) >= 11 is 0. The van der Waals surface area contributed by atoms with E-state index in [4.69, 9.17) is 5.73 Å². The molecule has 2 atom stereocenters. The number of hydrogen-bond donors (Lipinski definition) is 2. The number of anilines is 1. The first-order valence-corrected chi connectivity index (χ1v) is 6.93. The molecule has 0 spiro atoms. The van der Waals surface area contributed by atoms with Gasteiger partial charge in [-0.15, -0.1) is 0 Å². The number of nitrogens with one attached hydrogen (secondary N) is 1. The van der Waals surface area contributed by atoms with Gasteiger partial charge in [-0.3, -0.25) is 14.9 Å². The molecule has 2 rings (SSSR count). The molecule has 0 aromatic heterocycles. The van der Waals surface area contributed by atoms with Crippen molar-refractivity contribution in [3.05, 3.63) is 33.9 Å². The summed E-state index contributed by atoms with van der Waals surface area (Å²) in [5, 5.41) is 13.7. The first-order chi connectivity index (χ1) is 9.88. The highest BCUT2D eigenvalue weighted by Crippen LogP contribution is 2.22. The van der Waals surface area contributed by atoms with E-state index in [-0.39, 0.29) is 23.3 Å². The molecule has 1 aromatic carbocycles. The summed E-state index contributed by atoms with van der Waals surface area (Å²) in [5.74, 6) is -0.238. The Labute approximate surface area is 123 Å². The van der Waals surface area contributed by atoms with E-state index in [0.717, 1.165) is 19.4 Å². The molecule has 0 radical (unpaired) electrons. The maximum atomic E-state index is 12.2. The van der Waals surface area contributed by atoms with Gasteiger partial charge >= 0.3 is 0 Å². The van der Waals surface area contributed by atoms with Gasteiger partial charge in [-0.05, 0) is 38.9 Å². The van der Waals surface area contributed by atoms with E-state index in [9.17, 15) is 14.9 Å². The number of amides is 1. The number of rotatable bonds is 3. The van der Waals surface area contributed by atoms with Gasteiger partial charge in [0.05, 0.1) is 4.92 Å². The quantitative estimate of drug-likeness (QED) is 0.498. The summed E-state index contributed by atoms with van der Waals surface area (Å²) in [6.07, 6.45) is 1.79. The number of carbonyl (C=O) groups excluding carboxylic acids is 1. The second-order valence-corrected chi connectivity index (χ2v) is 5.56. The molecule has 0 saturated carbocycles. The zero-order valence-electron chi connectivity index (χ0n) is 12.2. The molecule has 1 heterocycles. The van der Waals surface area contributed by atoms with Crippen LogP contribution >= 0.6 is 0 Å². The monoisotopic (exact) mass is 292 g/mol. The fourth-order valence-electron chi connectivity index (χ4n) is 2.55. The summed E-state index contributed by atoms with van der Waals surface area (Å²) < 4.78 is 0. The highest BCUT2D eigenvalue weighted by molar-refractivity contribution is 5.95. The van der Waals surface area contributed by atoms with Crippen molar-refractivity contribution in [2.45, 2.75) is 31.8 Å². The molecule has 3 N–H and O–H groups in total. The minimum atomic E-state index is -0.560. The van der Waals surface area contributed by atoms with Crippen LogP contribution in [0.1, 0.15) is 30.1 Å². The van der Waals surface area contributed by atoms with Gasteiger partial charge in [0.2, 0.25) is 0 Å². The van der Waals surface area contributed by atoms with Crippen LogP contribution in [0.2, 0.25) is 0 Å². The molecular weight excluding hydrogens is 272 g/mol. The van der Waals surface area contributed by atoms with Gasteiger partial charge in [-0.2, -0.15) is 0 Å². The van der Waals surface area contributed by atoms with Gasteiger partial charge in [0.25, 0.3) is 11.6 Å². The van der Waals surface area contributed by atoms with Crippen LogP contribution in [0.5, 0.6) is 0 Å². The third kappa shape index (κ3) is 3.49. The van der Waals surface area contributed by atoms with Crippen molar-refractivity contribution < 1.29 is 9.72 Å². The normalized spacial score (nSPS) is 22.8. The Balaban J connectivity index is 2.04. The molecule has 7 nitrogen and oxygen atoms in total. The standard InChI is InChI=1S/C14H20N4O3/c1-9-7-11(5-6-17(9)2)16-14(19)10-3-4-13(18(20)21)12(15)8-10/h3-4,8-9,11H,5-7,15H2,1-2H3,(H,16,19). The summed E-state index contributed by atoms with van der Waals surface area (Å²) in [4.78, 5) is 24.6. The van der Waals surface area contributed by atoms with Crippen molar-refractivity contribution in [3.8, 4) is 0 Å². The van der Waals surface area contributed by atoms with E-state index in [0.29, 0.717) is 11.6 Å². The Hall–Kier alpha value is -2.15. The Morgan fingerprint density at radius 2 is 2.24 bits per heavy atom. The predicted octanol–water partition coefficient (Wildman–Crippen LogP) is 1.39. The van der Waals surface area contributed by atoms with Crippen LogP contribution < -0.4 is 11.1 Å². The second-order valence-electron chi connectivity index (χ2n) is 5.56. The second kappa shape index (κ2) is 6.09. The predicted molar refractivity (Wildman–Crippen MR) is 80.1 cm³/mol. The molecule has 0 aliphatic carbocycles. The minimum absolute atomic E-state index is 0.00407. The third-order valence-corrected chi connectivity index (χ3v) is 4.03. The van der Waals surface area contributed by atoms with Crippen molar-refractivity contribution in [2.24, 2.45) is 0 Å². The van der Waals surface area contributed by atoms with E-state index in [1.165, 1.54) is 18.2 Å². The van der Waals surface area contributed by atoms with Crippen molar-refractivity contribution >= 4 is 17.3 Å². The lowest BCUT2D eigenvalue weighted by atomic mass is 9.98. The maximum absolute atomic E-state index is 12.2. The van der Waals surface area contributed by atoms with Gasteiger partial charge in [0, 0.05) is 30.3 Å².